The second-order valence-corrected chi connectivity index (χ2v) is 9.80. The van der Waals surface area contributed by atoms with Gasteiger partial charge in [0, 0.05) is 63.9 Å². The summed E-state index contributed by atoms with van der Waals surface area (Å²) in [5.41, 5.74) is 5.36. The van der Waals surface area contributed by atoms with Crippen LogP contribution in [0.15, 0.2) is 66.9 Å². The van der Waals surface area contributed by atoms with E-state index in [2.05, 4.69) is 51.7 Å². The summed E-state index contributed by atoms with van der Waals surface area (Å²) in [5.74, 6) is 0.651. The van der Waals surface area contributed by atoms with Crippen LogP contribution in [0.5, 0.6) is 0 Å². The molecule has 8 nitrogen and oxygen atoms in total. The van der Waals surface area contributed by atoms with Crippen molar-refractivity contribution in [2.24, 2.45) is 7.05 Å². The number of aliphatic hydroxyl groups excluding tert-OH is 1. The molecule has 1 aliphatic rings. The molecule has 1 N–H and O–H groups in total. The number of nitrogens with zero attached hydrogens (tertiary/aromatic N) is 5. The van der Waals surface area contributed by atoms with Gasteiger partial charge in [0.2, 0.25) is 0 Å². The molecular weight excluding hydrogens is 514 g/mol. The molecule has 0 bridgehead atoms. The van der Waals surface area contributed by atoms with Crippen LogP contribution in [0.2, 0.25) is 0 Å². The first-order chi connectivity index (χ1) is 18.4. The number of benzene rings is 2. The van der Waals surface area contributed by atoms with Crippen LogP contribution in [-0.2, 0) is 7.05 Å². The second kappa shape index (κ2) is 11.9. The quantitative estimate of drug-likeness (QED) is 0.395. The largest absolute Gasteiger partial charge is 0.395 e. The average molecular weight is 548 g/mol. The number of amides is 2. The number of fused-ring (bicyclic) bond motifs is 1. The van der Waals surface area contributed by atoms with Crippen LogP contribution >= 0.6 is 12.4 Å². The lowest BCUT2D eigenvalue weighted by Crippen LogP contribution is -2.49. The van der Waals surface area contributed by atoms with Crippen LogP contribution < -0.4 is 4.90 Å². The van der Waals surface area contributed by atoms with Crippen molar-refractivity contribution in [3.05, 3.63) is 83.6 Å². The highest BCUT2D eigenvalue weighted by Gasteiger charge is 2.29. The van der Waals surface area contributed by atoms with Crippen LogP contribution in [0.4, 0.5) is 5.82 Å². The molecule has 39 heavy (non-hydrogen) atoms. The summed E-state index contributed by atoms with van der Waals surface area (Å²) in [6, 6.07) is 20.0. The van der Waals surface area contributed by atoms with E-state index < -0.39 is 0 Å². The Kier molecular flexibility index (Phi) is 8.57. The summed E-state index contributed by atoms with van der Waals surface area (Å²) in [6.07, 6.45) is 1.58. The summed E-state index contributed by atoms with van der Waals surface area (Å²) in [7, 11) is 3.68. The minimum atomic E-state index is -0.173. The first-order valence-corrected chi connectivity index (χ1v) is 12.9. The molecule has 9 heteroatoms. The molecule has 2 aromatic heterocycles. The standard InChI is InChI=1S/C30H33N5O3.ClH/c1-21-9-11-25-24(19-21)27(28(33(25)3)22-7-5-4-6-8-22)30(38)35-15-13-34(14-16-35)26-12-10-23(20-31-26)29(37)32(2)17-18-36;/h4-12,19-20,36H,13-18H2,1-3H3;1H. The summed E-state index contributed by atoms with van der Waals surface area (Å²) >= 11 is 0. The molecule has 0 radical (unpaired) electrons. The Morgan fingerprint density at radius 3 is 2.36 bits per heavy atom. The fourth-order valence-corrected chi connectivity index (χ4v) is 5.18. The number of carbonyl (C=O) groups is 2. The minimum absolute atomic E-state index is 0. The number of hydrogen-bond donors (Lipinski definition) is 1. The van der Waals surface area contributed by atoms with Crippen molar-refractivity contribution < 1.29 is 14.7 Å². The number of rotatable bonds is 6. The first-order valence-electron chi connectivity index (χ1n) is 12.9. The van der Waals surface area contributed by atoms with Gasteiger partial charge in [-0.3, -0.25) is 9.59 Å². The maximum Gasteiger partial charge on any atom is 0.256 e. The predicted octanol–water partition coefficient (Wildman–Crippen LogP) is 4.00. The van der Waals surface area contributed by atoms with Gasteiger partial charge >= 0.3 is 0 Å². The van der Waals surface area contributed by atoms with Crippen molar-refractivity contribution in [3.63, 3.8) is 0 Å². The van der Waals surface area contributed by atoms with Crippen LogP contribution in [0, 0.1) is 6.92 Å². The fourth-order valence-electron chi connectivity index (χ4n) is 5.18. The molecule has 1 saturated heterocycles. The maximum absolute atomic E-state index is 14.0. The highest BCUT2D eigenvalue weighted by molar-refractivity contribution is 6.13. The van der Waals surface area contributed by atoms with Crippen LogP contribution in [-0.4, -0.2) is 82.7 Å². The Balaban J connectivity index is 0.00000353. The lowest BCUT2D eigenvalue weighted by atomic mass is 10.0. The van der Waals surface area contributed by atoms with Gasteiger partial charge in [0.1, 0.15) is 5.82 Å². The zero-order valence-corrected chi connectivity index (χ0v) is 23.3. The molecule has 0 unspecified atom stereocenters. The lowest BCUT2D eigenvalue weighted by Gasteiger charge is -2.35. The van der Waals surface area contributed by atoms with E-state index >= 15 is 0 Å². The Hall–Kier alpha value is -3.88. The van der Waals surface area contributed by atoms with Crippen molar-refractivity contribution in [2.75, 3.05) is 51.3 Å². The molecular formula is C30H34ClN5O3. The second-order valence-electron chi connectivity index (χ2n) is 9.80. The van der Waals surface area contributed by atoms with Crippen molar-refractivity contribution >= 4 is 40.9 Å². The monoisotopic (exact) mass is 547 g/mol. The van der Waals surface area contributed by atoms with Gasteiger partial charge in [0.15, 0.2) is 0 Å². The van der Waals surface area contributed by atoms with E-state index in [0.717, 1.165) is 39.1 Å². The van der Waals surface area contributed by atoms with Gasteiger partial charge in [-0.25, -0.2) is 4.98 Å². The van der Waals surface area contributed by atoms with Gasteiger partial charge in [-0.1, -0.05) is 42.0 Å². The maximum atomic E-state index is 14.0. The molecule has 204 valence electrons. The van der Waals surface area contributed by atoms with Gasteiger partial charge in [0.05, 0.1) is 23.4 Å². The van der Waals surface area contributed by atoms with Gasteiger partial charge in [-0.2, -0.15) is 0 Å². The van der Waals surface area contributed by atoms with Crippen LogP contribution in [0.1, 0.15) is 26.3 Å². The molecule has 5 rings (SSSR count). The number of aromatic nitrogens is 2. The summed E-state index contributed by atoms with van der Waals surface area (Å²) in [6.45, 7) is 4.72. The van der Waals surface area contributed by atoms with Gasteiger partial charge in [0.25, 0.3) is 11.8 Å². The summed E-state index contributed by atoms with van der Waals surface area (Å²) < 4.78 is 2.12. The zero-order chi connectivity index (χ0) is 26.8. The molecule has 1 fully saturated rings. The van der Waals surface area contributed by atoms with Crippen molar-refractivity contribution in [3.8, 4) is 11.3 Å². The van der Waals surface area contributed by atoms with E-state index in [4.69, 9.17) is 5.11 Å². The van der Waals surface area contributed by atoms with Crippen molar-refractivity contribution in [2.45, 2.75) is 6.92 Å². The first kappa shape index (κ1) is 28.1. The smallest absolute Gasteiger partial charge is 0.256 e. The molecule has 0 spiro atoms. The Bertz CT molecular complexity index is 1460. The van der Waals surface area contributed by atoms with Gasteiger partial charge in [-0.05, 0) is 36.8 Å². The topological polar surface area (TPSA) is 81.9 Å². The van der Waals surface area contributed by atoms with Crippen molar-refractivity contribution in [1.29, 1.82) is 0 Å². The number of pyridine rings is 1. The minimum Gasteiger partial charge on any atom is -0.395 e. The Labute approximate surface area is 234 Å². The number of likely N-dealkylation sites (N-methyl/N-ethyl adjacent to an activating group) is 1. The normalized spacial score (nSPS) is 13.3. The fraction of sp³-hybridized carbons (Fsp3) is 0.300. The van der Waals surface area contributed by atoms with Gasteiger partial charge < -0.3 is 24.4 Å². The molecule has 3 heterocycles. The van der Waals surface area contributed by atoms with E-state index in [1.165, 1.54) is 4.90 Å². The third kappa shape index (κ3) is 5.48. The van der Waals surface area contributed by atoms with E-state index in [1.807, 2.05) is 36.2 Å². The summed E-state index contributed by atoms with van der Waals surface area (Å²) in [4.78, 5) is 36.5. The number of piperazine rings is 1. The number of aliphatic hydroxyl groups is 1. The van der Waals surface area contributed by atoms with Crippen LogP contribution in [0.25, 0.3) is 22.2 Å². The number of hydrogen-bond acceptors (Lipinski definition) is 5. The summed E-state index contributed by atoms with van der Waals surface area (Å²) in [5, 5.41) is 10.1. The van der Waals surface area contributed by atoms with E-state index in [9.17, 15) is 9.59 Å². The highest BCUT2D eigenvalue weighted by Crippen LogP contribution is 2.35. The lowest BCUT2D eigenvalue weighted by molar-refractivity contribution is 0.0746. The molecule has 2 amide bonds. The SMILES string of the molecule is Cc1ccc2c(c1)c(C(=O)N1CCN(c3ccc(C(=O)N(C)CCO)cn3)CC1)c(-c1ccccc1)n2C.Cl. The van der Waals surface area contributed by atoms with Gasteiger partial charge in [-0.15, -0.1) is 12.4 Å². The highest BCUT2D eigenvalue weighted by atomic mass is 35.5. The molecule has 0 atom stereocenters. The predicted molar refractivity (Wildman–Crippen MR) is 157 cm³/mol. The number of aryl methyl sites for hydroxylation is 2. The number of halogens is 1. The van der Waals surface area contributed by atoms with Crippen molar-refractivity contribution in [1.82, 2.24) is 19.4 Å². The molecule has 2 aromatic carbocycles. The average Bonchev–Trinajstić information content (AvgIpc) is 3.24. The molecule has 0 aliphatic carbocycles. The molecule has 0 saturated carbocycles. The molecule has 1 aliphatic heterocycles. The Morgan fingerprint density at radius 2 is 1.72 bits per heavy atom. The third-order valence-corrected chi connectivity index (χ3v) is 7.28. The van der Waals surface area contributed by atoms with E-state index in [-0.39, 0.29) is 37.4 Å². The van der Waals surface area contributed by atoms with E-state index in [1.54, 1.807) is 19.3 Å². The molecule has 4 aromatic rings. The number of anilines is 1. The van der Waals surface area contributed by atoms with E-state index in [0.29, 0.717) is 31.7 Å². The Morgan fingerprint density at radius 1 is 1.00 bits per heavy atom. The van der Waals surface area contributed by atoms with Crippen LogP contribution in [0.3, 0.4) is 0 Å². The zero-order valence-electron chi connectivity index (χ0n) is 22.5. The third-order valence-electron chi connectivity index (χ3n) is 7.28. The number of carbonyl (C=O) groups excluding carboxylic acids is 2.